The molecule has 8 heterocycles. The molecule has 6 aromatic heterocycles. The normalized spacial score (nSPS) is 18.9. The third-order valence-electron chi connectivity index (χ3n) is 11.8. The first kappa shape index (κ1) is 40.8. The molecule has 1 saturated heterocycles. The number of likely N-dealkylation sites (N-methyl/N-ethyl adjacent to an activating group) is 2. The molecule has 0 saturated carbocycles. The summed E-state index contributed by atoms with van der Waals surface area (Å²) < 4.78 is 60.0. The van der Waals surface area contributed by atoms with Crippen molar-refractivity contribution in [2.45, 2.75) is 65.0 Å². The summed E-state index contributed by atoms with van der Waals surface area (Å²) in [5.41, 5.74) is 5.64. The number of halogens is 4. The fourth-order valence-electron chi connectivity index (χ4n) is 8.53. The summed E-state index contributed by atoms with van der Waals surface area (Å²) in [5.74, 6) is -2.14. The molecule has 8 aromatic rings. The summed E-state index contributed by atoms with van der Waals surface area (Å²) >= 11 is 5.73. The number of nitrogens with one attached hydrogen (secondary N) is 2. The molecular formula is C44H42F4N8S4. The minimum absolute atomic E-state index is 0.170. The molecule has 2 aliphatic rings. The second-order valence-electron chi connectivity index (χ2n) is 15.0. The number of hydrogen-bond donors (Lipinski definition) is 2. The number of benzene rings is 2. The van der Waals surface area contributed by atoms with Crippen LogP contribution in [0.3, 0.4) is 0 Å². The largest absolute Gasteiger partial charge is 0.350 e. The van der Waals surface area contributed by atoms with E-state index >= 15 is 0 Å². The van der Waals surface area contributed by atoms with Gasteiger partial charge in [-0.05, 0) is 94.7 Å². The zero-order valence-electron chi connectivity index (χ0n) is 33.4. The minimum Gasteiger partial charge on any atom is -0.350 e. The van der Waals surface area contributed by atoms with Crippen molar-refractivity contribution >= 4 is 115 Å². The van der Waals surface area contributed by atoms with Gasteiger partial charge in [-0.3, -0.25) is 4.90 Å². The van der Waals surface area contributed by atoms with Crippen molar-refractivity contribution in [1.29, 1.82) is 0 Å². The van der Waals surface area contributed by atoms with Gasteiger partial charge in [-0.2, -0.15) is 0 Å². The van der Waals surface area contributed by atoms with E-state index in [1.165, 1.54) is 62.7 Å². The molecule has 0 aliphatic carbocycles. The van der Waals surface area contributed by atoms with Gasteiger partial charge in [-0.1, -0.05) is 19.9 Å². The van der Waals surface area contributed by atoms with Crippen LogP contribution in [-0.4, -0.2) is 68.0 Å². The van der Waals surface area contributed by atoms with Crippen molar-refractivity contribution in [3.05, 3.63) is 98.9 Å². The van der Waals surface area contributed by atoms with Crippen molar-refractivity contribution in [3.63, 3.8) is 0 Å². The summed E-state index contributed by atoms with van der Waals surface area (Å²) in [6.07, 6.45) is 9.00. The molecule has 1 unspecified atom stereocenters. The molecule has 10 rings (SSSR count). The number of thiazole rings is 2. The second kappa shape index (κ2) is 17.1. The third kappa shape index (κ3) is 7.55. The van der Waals surface area contributed by atoms with Gasteiger partial charge < -0.3 is 15.5 Å². The summed E-state index contributed by atoms with van der Waals surface area (Å²) in [7, 11) is 0. The Bertz CT molecular complexity index is 2880. The SMILES string of the molecule is CCN1CCC=C(c2cc3c(Nc4c(F)cc5scnc5c4F)ccnc3s2)[C@@H]1C.CCN1CCCC(c2cc3c(Nc4c(F)cc5scnc5c4F)ccnc3s2)[C@@H]1C. The monoisotopic (exact) mass is 886 g/mol. The Labute approximate surface area is 360 Å². The van der Waals surface area contributed by atoms with E-state index in [0.29, 0.717) is 38.8 Å². The van der Waals surface area contributed by atoms with Crippen molar-refractivity contribution < 1.29 is 17.6 Å². The van der Waals surface area contributed by atoms with Gasteiger partial charge in [-0.25, -0.2) is 37.5 Å². The smallest absolute Gasteiger partial charge is 0.176 e. The van der Waals surface area contributed by atoms with Crippen LogP contribution in [0.25, 0.3) is 46.4 Å². The number of nitrogens with zero attached hydrogens (tertiary/aromatic N) is 6. The van der Waals surface area contributed by atoms with Crippen LogP contribution in [0.1, 0.15) is 62.6 Å². The predicted molar refractivity (Wildman–Crippen MR) is 243 cm³/mol. The molecule has 0 bridgehead atoms. The molecule has 8 nitrogen and oxygen atoms in total. The van der Waals surface area contributed by atoms with E-state index in [2.05, 4.69) is 86.3 Å². The molecule has 0 spiro atoms. The van der Waals surface area contributed by atoms with Gasteiger partial charge in [0.1, 0.15) is 32.1 Å². The number of pyridine rings is 2. The predicted octanol–water partition coefficient (Wildman–Crippen LogP) is 12.9. The summed E-state index contributed by atoms with van der Waals surface area (Å²) in [5, 5.41) is 7.70. The number of rotatable bonds is 8. The van der Waals surface area contributed by atoms with E-state index in [9.17, 15) is 17.6 Å². The molecule has 2 N–H and O–H groups in total. The molecule has 0 radical (unpaired) electrons. The van der Waals surface area contributed by atoms with Crippen LogP contribution in [0, 0.1) is 23.3 Å². The molecule has 60 heavy (non-hydrogen) atoms. The lowest BCUT2D eigenvalue weighted by molar-refractivity contribution is 0.148. The number of piperidine rings is 1. The summed E-state index contributed by atoms with van der Waals surface area (Å²) in [4.78, 5) is 26.2. The van der Waals surface area contributed by atoms with E-state index < -0.39 is 23.3 Å². The molecular weight excluding hydrogens is 845 g/mol. The highest BCUT2D eigenvalue weighted by Gasteiger charge is 2.30. The Hall–Kier alpha value is -4.58. The Balaban J connectivity index is 0.000000154. The highest BCUT2D eigenvalue weighted by Crippen LogP contribution is 2.42. The van der Waals surface area contributed by atoms with E-state index in [1.807, 2.05) is 0 Å². The zero-order valence-corrected chi connectivity index (χ0v) is 36.6. The summed E-state index contributed by atoms with van der Waals surface area (Å²) in [6, 6.07) is 11.2. The molecule has 1 fully saturated rings. The fourth-order valence-corrected chi connectivity index (χ4v) is 12.3. The van der Waals surface area contributed by atoms with E-state index in [-0.39, 0.29) is 22.4 Å². The lowest BCUT2D eigenvalue weighted by Crippen LogP contribution is -2.41. The number of anilines is 4. The minimum atomic E-state index is -0.672. The van der Waals surface area contributed by atoms with Crippen molar-refractivity contribution in [2.75, 3.05) is 36.8 Å². The van der Waals surface area contributed by atoms with Crippen LogP contribution in [0.2, 0.25) is 0 Å². The van der Waals surface area contributed by atoms with Crippen LogP contribution < -0.4 is 10.6 Å². The van der Waals surface area contributed by atoms with Gasteiger partial charge in [0.2, 0.25) is 0 Å². The first-order valence-electron chi connectivity index (χ1n) is 20.0. The van der Waals surface area contributed by atoms with Crippen molar-refractivity contribution in [2.24, 2.45) is 0 Å². The molecule has 3 atom stereocenters. The summed E-state index contributed by atoms with van der Waals surface area (Å²) in [6.45, 7) is 13.1. The highest BCUT2D eigenvalue weighted by atomic mass is 32.1. The number of hydrogen-bond acceptors (Lipinski definition) is 12. The Kier molecular flexibility index (Phi) is 11.6. The average molecular weight is 887 g/mol. The zero-order chi connectivity index (χ0) is 41.7. The number of likely N-dealkylation sites (tertiary alicyclic amines) is 1. The second-order valence-corrected chi connectivity index (χ2v) is 18.9. The average Bonchev–Trinajstić information content (AvgIpc) is 4.08. The lowest BCUT2D eigenvalue weighted by atomic mass is 9.89. The fraction of sp³-hybridized carbons (Fsp3) is 0.318. The number of fused-ring (bicyclic) bond motifs is 4. The topological polar surface area (TPSA) is 82.1 Å². The van der Waals surface area contributed by atoms with Crippen LogP contribution >= 0.6 is 45.3 Å². The third-order valence-corrected chi connectivity index (χ3v) is 15.6. The van der Waals surface area contributed by atoms with Crippen LogP contribution in [-0.2, 0) is 0 Å². The first-order chi connectivity index (χ1) is 29.1. The number of thiophene rings is 2. The Morgan fingerprint density at radius 3 is 1.90 bits per heavy atom. The molecule has 310 valence electrons. The Morgan fingerprint density at radius 2 is 1.30 bits per heavy atom. The highest BCUT2D eigenvalue weighted by molar-refractivity contribution is 7.20. The molecule has 2 aliphatic heterocycles. The Morgan fingerprint density at radius 1 is 0.717 bits per heavy atom. The van der Waals surface area contributed by atoms with Crippen molar-refractivity contribution in [3.8, 4) is 0 Å². The quantitative estimate of drug-likeness (QED) is 0.146. The standard InChI is InChI=1S/C22H22F2N4S2.C22H20F2N4S2/c2*1-3-28-8-4-5-13(12(28)2)17-9-14-16(6-7-25-22(14)30-17)27-20-15(23)10-18-21(19(20)24)26-11-29-18/h6-7,9-13H,3-5,8H2,1-2H3,(H,25,27);5-7,9-12H,3-4,8H2,1-2H3,(H,25,27)/t12-,13?;12-/m00/s1. The van der Waals surface area contributed by atoms with Gasteiger partial charge in [-0.15, -0.1) is 45.3 Å². The number of aromatic nitrogens is 4. The maximum Gasteiger partial charge on any atom is 0.176 e. The first-order valence-corrected chi connectivity index (χ1v) is 23.4. The van der Waals surface area contributed by atoms with E-state index in [4.69, 9.17) is 0 Å². The molecule has 16 heteroatoms. The van der Waals surface area contributed by atoms with Gasteiger partial charge in [0, 0.05) is 57.5 Å². The van der Waals surface area contributed by atoms with Gasteiger partial charge in [0.05, 0.1) is 31.8 Å². The van der Waals surface area contributed by atoms with E-state index in [1.54, 1.807) is 47.2 Å². The van der Waals surface area contributed by atoms with Crippen molar-refractivity contribution in [1.82, 2.24) is 29.7 Å². The van der Waals surface area contributed by atoms with E-state index in [0.717, 1.165) is 64.3 Å². The molecule has 2 aromatic carbocycles. The van der Waals surface area contributed by atoms with Gasteiger partial charge in [0.15, 0.2) is 23.3 Å². The van der Waals surface area contributed by atoms with Crippen LogP contribution in [0.4, 0.5) is 40.3 Å². The maximum atomic E-state index is 14.9. The van der Waals surface area contributed by atoms with Crippen LogP contribution in [0.15, 0.2) is 65.9 Å². The van der Waals surface area contributed by atoms with Gasteiger partial charge in [0.25, 0.3) is 0 Å². The maximum absolute atomic E-state index is 14.9. The molecule has 0 amide bonds. The van der Waals surface area contributed by atoms with Gasteiger partial charge >= 0.3 is 0 Å². The lowest BCUT2D eigenvalue weighted by Gasteiger charge is -2.38. The van der Waals surface area contributed by atoms with Crippen LogP contribution in [0.5, 0.6) is 0 Å².